The average Bonchev–Trinajstić information content (AvgIpc) is 2.46. The van der Waals surface area contributed by atoms with Crippen LogP contribution in [0.25, 0.3) is 0 Å². The van der Waals surface area contributed by atoms with Gasteiger partial charge >= 0.3 is 0 Å². The van der Waals surface area contributed by atoms with E-state index in [1.165, 1.54) is 16.7 Å². The third kappa shape index (κ3) is 4.56. The van der Waals surface area contributed by atoms with Crippen molar-refractivity contribution in [1.82, 2.24) is 0 Å². The quantitative estimate of drug-likeness (QED) is 0.738. The van der Waals surface area contributed by atoms with Gasteiger partial charge in [0, 0.05) is 12.8 Å². The summed E-state index contributed by atoms with van der Waals surface area (Å²) >= 11 is 0. The first-order valence-electron chi connectivity index (χ1n) is 7.60. The Kier molecular flexibility index (Phi) is 4.95. The highest BCUT2D eigenvalue weighted by Gasteiger charge is 2.23. The number of ketones is 1. The molecule has 21 heavy (non-hydrogen) atoms. The lowest BCUT2D eigenvalue weighted by Crippen LogP contribution is -2.22. The van der Waals surface area contributed by atoms with Gasteiger partial charge in [-0.05, 0) is 29.9 Å². The first-order chi connectivity index (χ1) is 9.97. The molecule has 0 aliphatic heterocycles. The Bertz CT molecular complexity index is 579. The molecular weight excluding hydrogens is 256 g/mol. The maximum absolute atomic E-state index is 12.3. The van der Waals surface area contributed by atoms with Crippen LogP contribution in [0.15, 0.2) is 54.6 Å². The molecule has 0 N–H and O–H groups in total. The highest BCUT2D eigenvalue weighted by molar-refractivity contribution is 5.80. The molecule has 0 saturated carbocycles. The summed E-state index contributed by atoms with van der Waals surface area (Å²) in [6.07, 6.45) is 2.06. The Morgan fingerprint density at radius 1 is 0.952 bits per heavy atom. The summed E-state index contributed by atoms with van der Waals surface area (Å²) in [5.74, 6) is 0.337. The molecule has 0 bridgehead atoms. The van der Waals surface area contributed by atoms with Crippen LogP contribution in [0, 0.1) is 6.92 Å². The van der Waals surface area contributed by atoms with Gasteiger partial charge in [0.2, 0.25) is 0 Å². The van der Waals surface area contributed by atoms with Crippen molar-refractivity contribution in [1.29, 1.82) is 0 Å². The van der Waals surface area contributed by atoms with Crippen LogP contribution in [-0.2, 0) is 16.6 Å². The van der Waals surface area contributed by atoms with E-state index in [2.05, 4.69) is 57.2 Å². The second-order valence-corrected chi connectivity index (χ2v) is 6.45. The van der Waals surface area contributed by atoms with Gasteiger partial charge in [-0.2, -0.15) is 0 Å². The maximum Gasteiger partial charge on any atom is 0.134 e. The van der Waals surface area contributed by atoms with Crippen LogP contribution in [0.1, 0.15) is 43.4 Å². The molecule has 0 fully saturated rings. The third-order valence-electron chi connectivity index (χ3n) is 4.01. The minimum absolute atomic E-state index is 0.0958. The van der Waals surface area contributed by atoms with E-state index in [1.54, 1.807) is 0 Å². The van der Waals surface area contributed by atoms with Gasteiger partial charge in [-0.3, -0.25) is 4.79 Å². The number of carbonyl (C=O) groups is 1. The largest absolute Gasteiger partial charge is 0.300 e. The van der Waals surface area contributed by atoms with E-state index in [0.717, 1.165) is 6.42 Å². The van der Waals surface area contributed by atoms with Gasteiger partial charge in [0.1, 0.15) is 5.78 Å². The van der Waals surface area contributed by atoms with Gasteiger partial charge in [0.25, 0.3) is 0 Å². The number of Topliss-reactive ketones (excluding diaryl/α,β-unsaturated/α-hetero) is 1. The molecule has 110 valence electrons. The predicted octanol–water partition coefficient (Wildman–Crippen LogP) is 4.86. The van der Waals surface area contributed by atoms with Crippen LogP contribution < -0.4 is 0 Å². The number of benzene rings is 2. The zero-order valence-corrected chi connectivity index (χ0v) is 13.2. The lowest BCUT2D eigenvalue weighted by atomic mass is 9.79. The number of carbonyl (C=O) groups excluding carboxylic acids is 1. The topological polar surface area (TPSA) is 17.1 Å². The van der Waals surface area contributed by atoms with E-state index in [0.29, 0.717) is 18.6 Å². The third-order valence-corrected chi connectivity index (χ3v) is 4.01. The van der Waals surface area contributed by atoms with Crippen molar-refractivity contribution in [2.45, 2.75) is 45.4 Å². The summed E-state index contributed by atoms with van der Waals surface area (Å²) in [4.78, 5) is 12.3. The monoisotopic (exact) mass is 280 g/mol. The summed E-state index contributed by atoms with van der Waals surface area (Å²) in [6.45, 7) is 6.39. The van der Waals surface area contributed by atoms with Gasteiger partial charge in [-0.1, -0.05) is 74.0 Å². The Hall–Kier alpha value is -1.89. The Labute approximate surface area is 128 Å². The standard InChI is InChI=1S/C20H24O/c1-16-9-12-18(13-10-16)20(2,3)15-19(21)14-11-17-7-5-4-6-8-17/h4-10,12-13H,11,14-15H2,1-3H3. The van der Waals surface area contributed by atoms with Crippen molar-refractivity contribution in [3.63, 3.8) is 0 Å². The molecule has 0 radical (unpaired) electrons. The van der Waals surface area contributed by atoms with Crippen LogP contribution in [-0.4, -0.2) is 5.78 Å². The second-order valence-electron chi connectivity index (χ2n) is 6.45. The van der Waals surface area contributed by atoms with Crippen molar-refractivity contribution in [2.75, 3.05) is 0 Å². The molecular formula is C20H24O. The first-order valence-corrected chi connectivity index (χ1v) is 7.60. The second kappa shape index (κ2) is 6.71. The molecule has 1 nitrogen and oxygen atoms in total. The normalized spacial score (nSPS) is 11.4. The van der Waals surface area contributed by atoms with Gasteiger partial charge < -0.3 is 0 Å². The smallest absolute Gasteiger partial charge is 0.134 e. The zero-order valence-electron chi connectivity index (χ0n) is 13.2. The minimum atomic E-state index is -0.0958. The molecule has 2 rings (SSSR count). The van der Waals surface area contributed by atoms with Crippen molar-refractivity contribution in [3.8, 4) is 0 Å². The predicted molar refractivity (Wildman–Crippen MR) is 88.6 cm³/mol. The molecule has 0 unspecified atom stereocenters. The van der Waals surface area contributed by atoms with E-state index < -0.39 is 0 Å². The Morgan fingerprint density at radius 2 is 1.57 bits per heavy atom. The fraction of sp³-hybridized carbons (Fsp3) is 0.350. The summed E-state index contributed by atoms with van der Waals surface area (Å²) in [5.41, 5.74) is 3.63. The van der Waals surface area contributed by atoms with E-state index in [4.69, 9.17) is 0 Å². The number of aryl methyl sites for hydroxylation is 2. The van der Waals surface area contributed by atoms with Crippen LogP contribution in [0.5, 0.6) is 0 Å². The van der Waals surface area contributed by atoms with Crippen LogP contribution >= 0.6 is 0 Å². The number of rotatable bonds is 6. The van der Waals surface area contributed by atoms with E-state index >= 15 is 0 Å². The molecule has 0 aliphatic carbocycles. The molecule has 0 amide bonds. The first kappa shape index (κ1) is 15.5. The molecule has 0 spiro atoms. The van der Waals surface area contributed by atoms with Gasteiger partial charge in [0.15, 0.2) is 0 Å². The summed E-state index contributed by atoms with van der Waals surface area (Å²) in [6, 6.07) is 18.7. The minimum Gasteiger partial charge on any atom is -0.300 e. The summed E-state index contributed by atoms with van der Waals surface area (Å²) in [5, 5.41) is 0. The fourth-order valence-corrected chi connectivity index (χ4v) is 2.62. The van der Waals surface area contributed by atoms with E-state index in [9.17, 15) is 4.79 Å². The number of hydrogen-bond donors (Lipinski definition) is 0. The van der Waals surface area contributed by atoms with Gasteiger partial charge in [-0.25, -0.2) is 0 Å². The molecule has 0 aliphatic rings. The molecule has 2 aromatic carbocycles. The van der Waals surface area contributed by atoms with E-state index in [1.807, 2.05) is 18.2 Å². The molecule has 2 aromatic rings. The van der Waals surface area contributed by atoms with Crippen LogP contribution in [0.3, 0.4) is 0 Å². The van der Waals surface area contributed by atoms with E-state index in [-0.39, 0.29) is 5.41 Å². The van der Waals surface area contributed by atoms with Gasteiger partial charge in [0.05, 0.1) is 0 Å². The Balaban J connectivity index is 1.93. The average molecular weight is 280 g/mol. The van der Waals surface area contributed by atoms with Crippen LogP contribution in [0.4, 0.5) is 0 Å². The maximum atomic E-state index is 12.3. The molecule has 0 atom stereocenters. The molecule has 0 saturated heterocycles. The van der Waals surface area contributed by atoms with Crippen molar-refractivity contribution in [2.24, 2.45) is 0 Å². The van der Waals surface area contributed by atoms with Gasteiger partial charge in [-0.15, -0.1) is 0 Å². The molecule has 0 aromatic heterocycles. The molecule has 1 heteroatoms. The lowest BCUT2D eigenvalue weighted by molar-refractivity contribution is -0.120. The van der Waals surface area contributed by atoms with Crippen molar-refractivity contribution in [3.05, 3.63) is 71.3 Å². The summed E-state index contributed by atoms with van der Waals surface area (Å²) in [7, 11) is 0. The van der Waals surface area contributed by atoms with Crippen molar-refractivity contribution >= 4 is 5.78 Å². The van der Waals surface area contributed by atoms with Crippen LogP contribution in [0.2, 0.25) is 0 Å². The summed E-state index contributed by atoms with van der Waals surface area (Å²) < 4.78 is 0. The Morgan fingerprint density at radius 3 is 2.19 bits per heavy atom. The highest BCUT2D eigenvalue weighted by Crippen LogP contribution is 2.28. The fourth-order valence-electron chi connectivity index (χ4n) is 2.62. The lowest BCUT2D eigenvalue weighted by Gasteiger charge is -2.24. The SMILES string of the molecule is Cc1ccc(C(C)(C)CC(=O)CCc2ccccc2)cc1. The molecule has 0 heterocycles. The highest BCUT2D eigenvalue weighted by atomic mass is 16.1. The zero-order chi connectivity index (χ0) is 15.3. The number of hydrogen-bond acceptors (Lipinski definition) is 1. The van der Waals surface area contributed by atoms with Crippen molar-refractivity contribution < 1.29 is 4.79 Å².